The Labute approximate surface area is 96.8 Å². The van der Waals surface area contributed by atoms with E-state index >= 15 is 0 Å². The Kier molecular flexibility index (Phi) is 10.8. The summed E-state index contributed by atoms with van der Waals surface area (Å²) < 4.78 is 0. The first-order valence-electron chi connectivity index (χ1n) is 6.03. The minimum atomic E-state index is 0.718. The summed E-state index contributed by atoms with van der Waals surface area (Å²) in [6.07, 6.45) is 5.70. The fourth-order valence-electron chi connectivity index (χ4n) is 1.91. The third kappa shape index (κ3) is 5.01. The highest BCUT2D eigenvalue weighted by Gasteiger charge is 2.24. The van der Waals surface area contributed by atoms with Gasteiger partial charge in [-0.2, -0.15) is 0 Å². The summed E-state index contributed by atoms with van der Waals surface area (Å²) in [6.45, 7) is 20.9. The molecule has 0 bridgehead atoms. The van der Waals surface area contributed by atoms with Crippen molar-refractivity contribution in [2.75, 3.05) is 0 Å². The highest BCUT2D eigenvalue weighted by Crippen LogP contribution is 2.34. The quantitative estimate of drug-likeness (QED) is 0.517. The van der Waals surface area contributed by atoms with Gasteiger partial charge in [-0.1, -0.05) is 58.9 Å². The van der Waals surface area contributed by atoms with Gasteiger partial charge >= 0.3 is 0 Å². The van der Waals surface area contributed by atoms with Crippen LogP contribution in [-0.2, 0) is 0 Å². The molecule has 0 aromatic heterocycles. The molecule has 0 saturated heterocycles. The molecule has 0 N–H and O–H groups in total. The number of allylic oxidation sites excluding steroid dienone is 3. The smallest absolute Gasteiger partial charge is 0.0139 e. The molecule has 0 aliphatic heterocycles. The lowest BCUT2D eigenvalue weighted by atomic mass is 9.74. The largest absolute Gasteiger partial charge is 0.106 e. The van der Waals surface area contributed by atoms with Crippen LogP contribution in [0.25, 0.3) is 0 Å². The van der Waals surface area contributed by atoms with E-state index in [9.17, 15) is 0 Å². The van der Waals surface area contributed by atoms with Crippen molar-refractivity contribution in [2.24, 2.45) is 17.8 Å². The van der Waals surface area contributed by atoms with Crippen LogP contribution in [0.3, 0.4) is 0 Å². The second-order valence-electron chi connectivity index (χ2n) is 3.67. The molecule has 0 fully saturated rings. The average molecular weight is 208 g/mol. The van der Waals surface area contributed by atoms with Gasteiger partial charge in [0.05, 0.1) is 0 Å². The molecule has 3 unspecified atom stereocenters. The molecule has 3 atom stereocenters. The molecule has 0 heterocycles. The molecule has 0 saturated carbocycles. The number of hydrogen-bond donors (Lipinski definition) is 0. The minimum Gasteiger partial charge on any atom is -0.106 e. The highest BCUT2D eigenvalue weighted by atomic mass is 14.3. The van der Waals surface area contributed by atoms with E-state index in [-0.39, 0.29) is 0 Å². The lowest BCUT2D eigenvalue weighted by Gasteiger charge is -2.31. The Balaban J connectivity index is 0. The van der Waals surface area contributed by atoms with E-state index in [1.54, 1.807) is 0 Å². The Hall–Kier alpha value is -0.780. The van der Waals surface area contributed by atoms with Crippen LogP contribution in [0, 0.1) is 17.8 Å². The van der Waals surface area contributed by atoms with Crippen LogP contribution in [0.4, 0.5) is 0 Å². The summed E-state index contributed by atoms with van der Waals surface area (Å²) in [6, 6.07) is 0. The van der Waals surface area contributed by atoms with Gasteiger partial charge in [-0.25, -0.2) is 0 Å². The van der Waals surface area contributed by atoms with Gasteiger partial charge in [0, 0.05) is 0 Å². The summed E-state index contributed by atoms with van der Waals surface area (Å²) >= 11 is 0. The molecule has 15 heavy (non-hydrogen) atoms. The average Bonchev–Trinajstić information content (AvgIpc) is 2.30. The molecule has 1 aliphatic rings. The van der Waals surface area contributed by atoms with Crippen LogP contribution >= 0.6 is 0 Å². The van der Waals surface area contributed by atoms with Gasteiger partial charge in [0.2, 0.25) is 0 Å². The van der Waals surface area contributed by atoms with E-state index in [0.717, 1.165) is 17.8 Å². The zero-order chi connectivity index (χ0) is 12.4. The van der Waals surface area contributed by atoms with Gasteiger partial charge in [0.1, 0.15) is 0 Å². The third-order valence-electron chi connectivity index (χ3n) is 2.99. The van der Waals surface area contributed by atoms with Crippen LogP contribution in [0.5, 0.6) is 0 Å². The van der Waals surface area contributed by atoms with Crippen molar-refractivity contribution in [1.82, 2.24) is 0 Å². The van der Waals surface area contributed by atoms with Gasteiger partial charge < -0.3 is 0 Å². The fourth-order valence-corrected chi connectivity index (χ4v) is 1.91. The number of rotatable bonds is 1. The van der Waals surface area contributed by atoms with E-state index in [0.29, 0.717) is 0 Å². The van der Waals surface area contributed by atoms with Crippen molar-refractivity contribution in [2.45, 2.75) is 41.0 Å². The Morgan fingerprint density at radius 2 is 1.67 bits per heavy atom. The first kappa shape index (κ1) is 16.6. The summed E-state index contributed by atoms with van der Waals surface area (Å²) in [5, 5.41) is 0. The highest BCUT2D eigenvalue weighted by molar-refractivity contribution is 5.23. The summed E-state index contributed by atoms with van der Waals surface area (Å²) in [7, 11) is 0. The molecule has 0 spiro atoms. The van der Waals surface area contributed by atoms with Crippen LogP contribution in [0.2, 0.25) is 0 Å². The predicted molar refractivity (Wildman–Crippen MR) is 73.0 cm³/mol. The van der Waals surface area contributed by atoms with Crippen LogP contribution in [0.15, 0.2) is 37.5 Å². The van der Waals surface area contributed by atoms with E-state index in [4.69, 9.17) is 0 Å². The monoisotopic (exact) mass is 208 g/mol. The lowest BCUT2D eigenvalue weighted by Crippen LogP contribution is -2.21. The van der Waals surface area contributed by atoms with Crippen LogP contribution in [-0.4, -0.2) is 0 Å². The first-order chi connectivity index (χ1) is 7.16. The Morgan fingerprint density at radius 3 is 2.00 bits per heavy atom. The second kappa shape index (κ2) is 9.76. The van der Waals surface area contributed by atoms with Gasteiger partial charge in [-0.3, -0.25) is 0 Å². The molecule has 1 rings (SSSR count). The predicted octanol–water partition coefficient (Wildman–Crippen LogP) is 5.24. The van der Waals surface area contributed by atoms with Crippen molar-refractivity contribution < 1.29 is 0 Å². The molecular weight excluding hydrogens is 180 g/mol. The zero-order valence-electron chi connectivity index (χ0n) is 11.2. The number of hydrogen-bond acceptors (Lipinski definition) is 0. The van der Waals surface area contributed by atoms with E-state index < -0.39 is 0 Å². The molecule has 1 aliphatic carbocycles. The van der Waals surface area contributed by atoms with Crippen molar-refractivity contribution in [3.63, 3.8) is 0 Å². The van der Waals surface area contributed by atoms with Gasteiger partial charge in [-0.15, -0.1) is 13.2 Å². The lowest BCUT2D eigenvalue weighted by molar-refractivity contribution is 0.323. The molecule has 0 aromatic carbocycles. The molecule has 0 heteroatoms. The normalized spacial score (nSPS) is 28.3. The maximum absolute atomic E-state index is 4.06. The molecule has 0 aromatic rings. The van der Waals surface area contributed by atoms with E-state index in [2.05, 4.69) is 52.7 Å². The topological polar surface area (TPSA) is 0 Å². The standard InChI is InChI=1S/C11H18.C2H6.C2H4/c1-5-11-9(3)7-6-8(2)10(11)4;2*1-2/h6-8,10-11H,3,5H2,1-2,4H3;1-2H3;1-2H2. The first-order valence-corrected chi connectivity index (χ1v) is 6.03. The van der Waals surface area contributed by atoms with Crippen LogP contribution < -0.4 is 0 Å². The van der Waals surface area contributed by atoms with Crippen LogP contribution in [0.1, 0.15) is 41.0 Å². The molecule has 0 radical (unpaired) electrons. The Bertz CT molecular complexity index is 188. The maximum atomic E-state index is 4.06. The molecule has 88 valence electrons. The SMILES string of the molecule is C=C.C=C1C=CC(C)C(C)C1CC.CC. The molecule has 0 nitrogen and oxygen atoms in total. The van der Waals surface area contributed by atoms with E-state index in [1.165, 1.54) is 12.0 Å². The molecule has 0 amide bonds. The van der Waals surface area contributed by atoms with Gasteiger partial charge in [-0.05, 0) is 24.2 Å². The summed E-state index contributed by atoms with van der Waals surface area (Å²) in [4.78, 5) is 0. The third-order valence-corrected chi connectivity index (χ3v) is 2.99. The van der Waals surface area contributed by atoms with Crippen molar-refractivity contribution in [1.29, 1.82) is 0 Å². The zero-order valence-corrected chi connectivity index (χ0v) is 11.2. The van der Waals surface area contributed by atoms with Crippen molar-refractivity contribution in [3.8, 4) is 0 Å². The van der Waals surface area contributed by atoms with Gasteiger partial charge in [0.15, 0.2) is 0 Å². The fraction of sp³-hybridized carbons (Fsp3) is 0.600. The van der Waals surface area contributed by atoms with Crippen molar-refractivity contribution in [3.05, 3.63) is 37.5 Å². The second-order valence-corrected chi connectivity index (χ2v) is 3.67. The van der Waals surface area contributed by atoms with Crippen molar-refractivity contribution >= 4 is 0 Å². The summed E-state index contributed by atoms with van der Waals surface area (Å²) in [5.41, 5.74) is 1.32. The van der Waals surface area contributed by atoms with Gasteiger partial charge in [0.25, 0.3) is 0 Å². The Morgan fingerprint density at radius 1 is 1.20 bits per heavy atom. The minimum absolute atomic E-state index is 0.718. The summed E-state index contributed by atoms with van der Waals surface area (Å²) in [5.74, 6) is 2.22. The molecular formula is C15H28. The maximum Gasteiger partial charge on any atom is -0.0139 e. The van der Waals surface area contributed by atoms with E-state index in [1.807, 2.05) is 13.8 Å².